The van der Waals surface area contributed by atoms with E-state index in [1.807, 2.05) is 24.3 Å². The Morgan fingerprint density at radius 1 is 1.08 bits per heavy atom. The summed E-state index contributed by atoms with van der Waals surface area (Å²) in [6.07, 6.45) is 1.48. The molecule has 0 aliphatic heterocycles. The van der Waals surface area contributed by atoms with Crippen LogP contribution in [0.1, 0.15) is 5.56 Å². The molecular weight excluding hydrogens is 474 g/mol. The van der Waals surface area contributed by atoms with Gasteiger partial charge in [0.25, 0.3) is 5.91 Å². The second-order valence-corrected chi connectivity index (χ2v) is 8.94. The van der Waals surface area contributed by atoms with Gasteiger partial charge in [-0.25, -0.2) is 13.8 Å². The molecule has 132 valence electrons. The van der Waals surface area contributed by atoms with Gasteiger partial charge in [-0.05, 0) is 42.0 Å². The molecule has 2 rings (SSSR count). The number of sulfonamides is 1. The highest BCUT2D eigenvalue weighted by atomic mass is 79.9. The Bertz CT molecular complexity index is 867. The highest BCUT2D eigenvalue weighted by Gasteiger charge is 2.22. The van der Waals surface area contributed by atoms with Gasteiger partial charge < -0.3 is 0 Å². The van der Waals surface area contributed by atoms with E-state index in [4.69, 9.17) is 0 Å². The van der Waals surface area contributed by atoms with Crippen LogP contribution in [0.5, 0.6) is 0 Å². The minimum absolute atomic E-state index is 0.115. The molecule has 0 saturated heterocycles. The van der Waals surface area contributed by atoms with Gasteiger partial charge >= 0.3 is 0 Å². The second-order valence-electron chi connectivity index (χ2n) is 5.06. The maximum Gasteiger partial charge on any atom is 0.255 e. The molecule has 6 nitrogen and oxygen atoms in total. The molecule has 0 aromatic heterocycles. The van der Waals surface area contributed by atoms with E-state index in [0.29, 0.717) is 0 Å². The quantitative estimate of drug-likeness (QED) is 0.501. The van der Waals surface area contributed by atoms with E-state index in [0.717, 1.165) is 18.8 Å². The average molecular weight is 489 g/mol. The van der Waals surface area contributed by atoms with Gasteiger partial charge in [0.05, 0.1) is 17.7 Å². The van der Waals surface area contributed by atoms with E-state index in [1.54, 1.807) is 12.1 Å². The number of benzene rings is 2. The number of rotatable bonds is 6. The first-order chi connectivity index (χ1) is 11.8. The van der Waals surface area contributed by atoms with Crippen LogP contribution in [-0.4, -0.2) is 38.4 Å². The number of hydrazone groups is 1. The predicted molar refractivity (Wildman–Crippen MR) is 104 cm³/mol. The first kappa shape index (κ1) is 19.8. The molecule has 0 spiro atoms. The Kier molecular flexibility index (Phi) is 6.88. The number of amides is 1. The molecular formula is C16H15Br2N3O3S. The van der Waals surface area contributed by atoms with Crippen molar-refractivity contribution in [2.24, 2.45) is 5.10 Å². The van der Waals surface area contributed by atoms with Crippen molar-refractivity contribution < 1.29 is 13.2 Å². The molecule has 9 heteroatoms. The van der Waals surface area contributed by atoms with Crippen LogP contribution in [-0.2, 0) is 14.8 Å². The first-order valence-corrected chi connectivity index (χ1v) is 10.1. The van der Waals surface area contributed by atoms with Crippen LogP contribution in [0.15, 0.2) is 67.5 Å². The zero-order chi connectivity index (χ0) is 18.4. The van der Waals surface area contributed by atoms with Gasteiger partial charge in [0, 0.05) is 16.0 Å². The standard InChI is InChI=1S/C16H15Br2N3O3S/c1-21(25(23,24)15-8-6-14(18)7-9-15)11-16(22)20-19-10-12-2-4-13(17)5-3-12/h2-10H,11H2,1H3,(H,20,22)/b19-10-. The van der Waals surface area contributed by atoms with Crippen molar-refractivity contribution in [2.75, 3.05) is 13.6 Å². The zero-order valence-corrected chi connectivity index (χ0v) is 17.2. The molecule has 2 aromatic rings. The van der Waals surface area contributed by atoms with Crippen LogP contribution in [0, 0.1) is 0 Å². The molecule has 0 heterocycles. The summed E-state index contributed by atoms with van der Waals surface area (Å²) in [6.45, 7) is -0.337. The third-order valence-corrected chi connectivity index (χ3v) is 6.04. The Morgan fingerprint density at radius 2 is 1.60 bits per heavy atom. The third kappa shape index (κ3) is 5.74. The fourth-order valence-corrected chi connectivity index (χ4v) is 3.49. The molecule has 2 aromatic carbocycles. The molecule has 0 atom stereocenters. The van der Waals surface area contributed by atoms with Gasteiger partial charge in [-0.3, -0.25) is 4.79 Å². The summed E-state index contributed by atoms with van der Waals surface area (Å²) in [7, 11) is -2.40. The van der Waals surface area contributed by atoms with Gasteiger partial charge in [-0.2, -0.15) is 9.41 Å². The number of hydrogen-bond acceptors (Lipinski definition) is 4. The number of carbonyl (C=O) groups excluding carboxylic acids is 1. The Labute approximate surface area is 163 Å². The van der Waals surface area contributed by atoms with Gasteiger partial charge in [-0.1, -0.05) is 44.0 Å². The predicted octanol–water partition coefficient (Wildman–Crippen LogP) is 2.98. The molecule has 25 heavy (non-hydrogen) atoms. The molecule has 1 N–H and O–H groups in total. The van der Waals surface area contributed by atoms with E-state index in [-0.39, 0.29) is 11.4 Å². The van der Waals surface area contributed by atoms with Crippen LogP contribution in [0.4, 0.5) is 0 Å². The van der Waals surface area contributed by atoms with Crippen molar-refractivity contribution in [1.29, 1.82) is 0 Å². The lowest BCUT2D eigenvalue weighted by Gasteiger charge is -2.16. The molecule has 0 aliphatic rings. The minimum atomic E-state index is -3.74. The number of nitrogens with zero attached hydrogens (tertiary/aromatic N) is 2. The number of likely N-dealkylation sites (N-methyl/N-ethyl adjacent to an activating group) is 1. The molecule has 0 bridgehead atoms. The van der Waals surface area contributed by atoms with E-state index < -0.39 is 15.9 Å². The normalized spacial score (nSPS) is 11.8. The second kappa shape index (κ2) is 8.70. The fourth-order valence-electron chi connectivity index (χ4n) is 1.84. The summed E-state index contributed by atoms with van der Waals surface area (Å²) in [5, 5.41) is 3.82. The monoisotopic (exact) mass is 487 g/mol. The van der Waals surface area contributed by atoms with Crippen LogP contribution in [0.25, 0.3) is 0 Å². The summed E-state index contributed by atoms with van der Waals surface area (Å²) >= 11 is 6.58. The Balaban J connectivity index is 1.95. The lowest BCUT2D eigenvalue weighted by molar-refractivity contribution is -0.121. The topological polar surface area (TPSA) is 78.8 Å². The molecule has 0 saturated carbocycles. The molecule has 1 amide bonds. The molecule has 0 fully saturated rings. The Morgan fingerprint density at radius 3 is 2.16 bits per heavy atom. The van der Waals surface area contributed by atoms with Crippen LogP contribution >= 0.6 is 31.9 Å². The summed E-state index contributed by atoms with van der Waals surface area (Å²) in [5.41, 5.74) is 3.12. The SMILES string of the molecule is CN(CC(=O)N/N=C\c1ccc(Br)cc1)S(=O)(=O)c1ccc(Br)cc1. The summed E-state index contributed by atoms with van der Waals surface area (Å²) in [5.74, 6) is -0.531. The van der Waals surface area contributed by atoms with Gasteiger partial charge in [0.15, 0.2) is 0 Å². The maximum atomic E-state index is 12.4. The van der Waals surface area contributed by atoms with Gasteiger partial charge in [0.1, 0.15) is 0 Å². The molecule has 0 radical (unpaired) electrons. The maximum absolute atomic E-state index is 12.4. The van der Waals surface area contributed by atoms with Gasteiger partial charge in [-0.15, -0.1) is 0 Å². The highest BCUT2D eigenvalue weighted by Crippen LogP contribution is 2.17. The van der Waals surface area contributed by atoms with Crippen LogP contribution in [0.3, 0.4) is 0 Å². The van der Waals surface area contributed by atoms with Crippen molar-refractivity contribution >= 4 is 54.0 Å². The Hall–Kier alpha value is -1.55. The third-order valence-electron chi connectivity index (χ3n) is 3.16. The summed E-state index contributed by atoms with van der Waals surface area (Å²) < 4.78 is 27.5. The van der Waals surface area contributed by atoms with Crippen LogP contribution < -0.4 is 5.43 Å². The summed E-state index contributed by atoms with van der Waals surface area (Å²) in [4.78, 5) is 12.0. The fraction of sp³-hybridized carbons (Fsp3) is 0.125. The lowest BCUT2D eigenvalue weighted by Crippen LogP contribution is -2.36. The van der Waals surface area contributed by atoms with Crippen molar-refractivity contribution in [3.63, 3.8) is 0 Å². The van der Waals surface area contributed by atoms with Crippen LogP contribution in [0.2, 0.25) is 0 Å². The molecule has 0 unspecified atom stereocenters. The summed E-state index contributed by atoms with van der Waals surface area (Å²) in [6, 6.07) is 13.5. The van der Waals surface area contributed by atoms with Crippen molar-refractivity contribution in [3.05, 3.63) is 63.0 Å². The lowest BCUT2D eigenvalue weighted by atomic mass is 10.2. The number of hydrogen-bond donors (Lipinski definition) is 1. The smallest absolute Gasteiger partial charge is 0.255 e. The zero-order valence-electron chi connectivity index (χ0n) is 13.2. The van der Waals surface area contributed by atoms with E-state index in [1.165, 1.54) is 25.4 Å². The minimum Gasteiger partial charge on any atom is -0.272 e. The van der Waals surface area contributed by atoms with E-state index >= 15 is 0 Å². The number of halogens is 2. The number of nitrogens with one attached hydrogen (secondary N) is 1. The van der Waals surface area contributed by atoms with Crippen molar-refractivity contribution in [1.82, 2.24) is 9.73 Å². The van der Waals surface area contributed by atoms with Crippen molar-refractivity contribution in [2.45, 2.75) is 4.90 Å². The van der Waals surface area contributed by atoms with E-state index in [2.05, 4.69) is 42.4 Å². The average Bonchev–Trinajstić information content (AvgIpc) is 2.57. The van der Waals surface area contributed by atoms with E-state index in [9.17, 15) is 13.2 Å². The highest BCUT2D eigenvalue weighted by molar-refractivity contribution is 9.10. The number of carbonyl (C=O) groups is 1. The van der Waals surface area contributed by atoms with Gasteiger partial charge in [0.2, 0.25) is 10.0 Å². The van der Waals surface area contributed by atoms with Crippen molar-refractivity contribution in [3.8, 4) is 0 Å². The molecule has 0 aliphatic carbocycles. The first-order valence-electron chi connectivity index (χ1n) is 7.08. The largest absolute Gasteiger partial charge is 0.272 e.